The van der Waals surface area contributed by atoms with E-state index in [1.165, 1.54) is 28.4 Å². The predicted octanol–water partition coefficient (Wildman–Crippen LogP) is 3.66. The van der Waals surface area contributed by atoms with Crippen LogP contribution in [-0.4, -0.2) is 17.0 Å². The van der Waals surface area contributed by atoms with Crippen molar-refractivity contribution in [1.29, 1.82) is 0 Å². The first-order valence-electron chi connectivity index (χ1n) is 8.81. The number of thiophene rings is 1. The van der Waals surface area contributed by atoms with Gasteiger partial charge in [-0.3, -0.25) is 4.79 Å². The molecule has 0 bridgehead atoms. The van der Waals surface area contributed by atoms with Crippen molar-refractivity contribution < 1.29 is 9.29 Å². The van der Waals surface area contributed by atoms with Gasteiger partial charge in [-0.1, -0.05) is 35.9 Å². The van der Waals surface area contributed by atoms with Crippen molar-refractivity contribution >= 4 is 33.2 Å². The van der Waals surface area contributed by atoms with E-state index in [0.717, 1.165) is 23.2 Å². The topological polar surface area (TPSA) is 50.2 Å². The molecule has 0 aliphatic heterocycles. The average molecular weight is 415 g/mol. The Morgan fingerprint density at radius 3 is 2.71 bits per heavy atom. The van der Waals surface area contributed by atoms with Gasteiger partial charge in [0.2, 0.25) is 0 Å². The second-order valence-corrected chi connectivity index (χ2v) is 8.08. The van der Waals surface area contributed by atoms with Gasteiger partial charge in [0.25, 0.3) is 5.56 Å². The summed E-state index contributed by atoms with van der Waals surface area (Å²) >= 11 is 7.47. The number of hydrogen-bond acceptors (Lipinski definition) is 3. The van der Waals surface area contributed by atoms with Crippen LogP contribution in [0.1, 0.15) is 11.4 Å². The largest absolute Gasteiger partial charge is 0.327 e. The molecule has 28 heavy (non-hydrogen) atoms. The number of nitrogens with one attached hydrogen (secondary N) is 2. The molecule has 142 valence electrons. The monoisotopic (exact) mass is 414 g/mol. The van der Waals surface area contributed by atoms with Crippen LogP contribution in [0.15, 0.2) is 58.7 Å². The van der Waals surface area contributed by atoms with Gasteiger partial charge in [0, 0.05) is 21.5 Å². The number of nitrogens with zero attached hydrogens (tertiary/aromatic N) is 1. The van der Waals surface area contributed by atoms with E-state index < -0.39 is 0 Å². The standard InChI is InChI=1S/C21H17ClFN3OS/c1-26(10-13-3-2-4-15(22)9-13)11-18-24-20(27)19-17(12-28-21(19)25-18)14-5-7-16(23)8-6-14/h2-9,12H,10-11H2,1H3,(H,24,25,27)/p+1. The smallest absolute Gasteiger partial charge is 0.260 e. The lowest BCUT2D eigenvalue weighted by atomic mass is 10.1. The second-order valence-electron chi connectivity index (χ2n) is 6.79. The summed E-state index contributed by atoms with van der Waals surface area (Å²) in [6, 6.07) is 13.9. The summed E-state index contributed by atoms with van der Waals surface area (Å²) in [5, 5.41) is 3.16. The number of hydrogen-bond donors (Lipinski definition) is 2. The highest BCUT2D eigenvalue weighted by Gasteiger charge is 2.15. The van der Waals surface area contributed by atoms with Gasteiger partial charge in [0.15, 0.2) is 5.82 Å². The summed E-state index contributed by atoms with van der Waals surface area (Å²) in [6.07, 6.45) is 0. The summed E-state index contributed by atoms with van der Waals surface area (Å²) in [4.78, 5) is 22.1. The van der Waals surface area contributed by atoms with E-state index in [0.29, 0.717) is 27.6 Å². The number of H-pyrrole nitrogens is 1. The molecule has 4 aromatic rings. The number of fused-ring (bicyclic) bond motifs is 1. The van der Waals surface area contributed by atoms with Gasteiger partial charge in [0.05, 0.1) is 12.4 Å². The minimum absolute atomic E-state index is 0.170. The van der Waals surface area contributed by atoms with Gasteiger partial charge in [-0.05, 0) is 29.8 Å². The fraction of sp³-hybridized carbons (Fsp3) is 0.143. The molecule has 0 saturated heterocycles. The molecule has 0 amide bonds. The fourth-order valence-corrected chi connectivity index (χ4v) is 4.44. The van der Waals surface area contributed by atoms with Crippen LogP contribution in [-0.2, 0) is 13.1 Å². The quantitative estimate of drug-likeness (QED) is 0.523. The third-order valence-corrected chi connectivity index (χ3v) is 5.62. The summed E-state index contributed by atoms with van der Waals surface area (Å²) < 4.78 is 13.2. The predicted molar refractivity (Wildman–Crippen MR) is 111 cm³/mol. The first-order valence-corrected chi connectivity index (χ1v) is 10.1. The van der Waals surface area contributed by atoms with Gasteiger partial charge in [0.1, 0.15) is 23.7 Å². The third-order valence-electron chi connectivity index (χ3n) is 4.51. The summed E-state index contributed by atoms with van der Waals surface area (Å²) in [5.41, 5.74) is 2.54. The lowest BCUT2D eigenvalue weighted by molar-refractivity contribution is -0.908. The number of benzene rings is 2. The number of aromatic nitrogens is 2. The molecule has 1 atom stereocenters. The third kappa shape index (κ3) is 3.99. The van der Waals surface area contributed by atoms with E-state index in [-0.39, 0.29) is 11.4 Å². The van der Waals surface area contributed by atoms with Crippen LogP contribution in [0.2, 0.25) is 5.02 Å². The molecule has 0 fully saturated rings. The lowest BCUT2D eigenvalue weighted by Gasteiger charge is -2.13. The van der Waals surface area contributed by atoms with Gasteiger partial charge < -0.3 is 9.88 Å². The average Bonchev–Trinajstić information content (AvgIpc) is 3.06. The molecule has 2 aromatic carbocycles. The normalized spacial score (nSPS) is 12.4. The van der Waals surface area contributed by atoms with Gasteiger partial charge in [-0.2, -0.15) is 0 Å². The van der Waals surface area contributed by atoms with Crippen molar-refractivity contribution in [2.24, 2.45) is 0 Å². The zero-order valence-electron chi connectivity index (χ0n) is 15.1. The molecule has 0 saturated carbocycles. The first kappa shape index (κ1) is 18.8. The SMILES string of the molecule is C[NH+](Cc1cccc(Cl)c1)Cc1nc2scc(-c3ccc(F)cc3)c2c(=O)[nH]1. The van der Waals surface area contributed by atoms with E-state index in [1.54, 1.807) is 12.1 Å². The molecule has 0 radical (unpaired) electrons. The molecule has 4 rings (SSSR count). The van der Waals surface area contributed by atoms with Crippen molar-refractivity contribution in [2.75, 3.05) is 7.05 Å². The summed E-state index contributed by atoms with van der Waals surface area (Å²) in [7, 11) is 2.05. The fourth-order valence-electron chi connectivity index (χ4n) is 3.26. The Bertz CT molecular complexity index is 1190. The van der Waals surface area contributed by atoms with Gasteiger partial charge >= 0.3 is 0 Å². The zero-order chi connectivity index (χ0) is 19.7. The van der Waals surface area contributed by atoms with E-state index in [2.05, 4.69) is 9.97 Å². The molecule has 4 nitrogen and oxygen atoms in total. The Hall–Kier alpha value is -2.54. The maximum absolute atomic E-state index is 13.2. The van der Waals surface area contributed by atoms with Crippen LogP contribution in [0.5, 0.6) is 0 Å². The maximum atomic E-state index is 13.2. The highest BCUT2D eigenvalue weighted by molar-refractivity contribution is 7.17. The molecular weight excluding hydrogens is 397 g/mol. The molecule has 0 aliphatic carbocycles. The number of quaternary nitrogens is 1. The maximum Gasteiger partial charge on any atom is 0.260 e. The van der Waals surface area contributed by atoms with Crippen LogP contribution >= 0.6 is 22.9 Å². The minimum Gasteiger partial charge on any atom is -0.327 e. The Balaban J connectivity index is 1.59. The van der Waals surface area contributed by atoms with E-state index in [9.17, 15) is 9.18 Å². The van der Waals surface area contributed by atoms with Crippen LogP contribution in [0, 0.1) is 5.82 Å². The van der Waals surface area contributed by atoms with Crippen LogP contribution in [0.3, 0.4) is 0 Å². The molecular formula is C21H18ClFN3OS+. The molecule has 0 spiro atoms. The molecule has 0 aliphatic rings. The molecule has 2 heterocycles. The highest BCUT2D eigenvalue weighted by atomic mass is 35.5. The lowest BCUT2D eigenvalue weighted by Crippen LogP contribution is -3.06. The van der Waals surface area contributed by atoms with Crippen molar-refractivity contribution in [3.63, 3.8) is 0 Å². The second kappa shape index (κ2) is 7.83. The van der Waals surface area contributed by atoms with Crippen LogP contribution in [0.25, 0.3) is 21.3 Å². The Kier molecular flexibility index (Phi) is 5.26. The highest BCUT2D eigenvalue weighted by Crippen LogP contribution is 2.30. The van der Waals surface area contributed by atoms with Gasteiger partial charge in [-0.15, -0.1) is 11.3 Å². The summed E-state index contributed by atoms with van der Waals surface area (Å²) in [5.74, 6) is 0.341. The van der Waals surface area contributed by atoms with E-state index in [4.69, 9.17) is 11.6 Å². The molecule has 2 aromatic heterocycles. The molecule has 7 heteroatoms. The zero-order valence-corrected chi connectivity index (χ0v) is 16.7. The Morgan fingerprint density at radius 1 is 1.18 bits per heavy atom. The van der Waals surface area contributed by atoms with Crippen LogP contribution in [0.4, 0.5) is 4.39 Å². The number of rotatable bonds is 5. The summed E-state index contributed by atoms with van der Waals surface area (Å²) in [6.45, 7) is 1.36. The number of halogens is 2. The Morgan fingerprint density at radius 2 is 1.96 bits per heavy atom. The molecule has 1 unspecified atom stereocenters. The van der Waals surface area contributed by atoms with Crippen molar-refractivity contribution in [3.8, 4) is 11.1 Å². The van der Waals surface area contributed by atoms with Crippen molar-refractivity contribution in [3.05, 3.63) is 86.5 Å². The molecule has 2 N–H and O–H groups in total. The van der Waals surface area contributed by atoms with E-state index in [1.807, 2.05) is 36.7 Å². The van der Waals surface area contributed by atoms with E-state index >= 15 is 0 Å². The first-order chi connectivity index (χ1) is 13.5. The minimum atomic E-state index is -0.302. The van der Waals surface area contributed by atoms with Gasteiger partial charge in [-0.25, -0.2) is 9.37 Å². The van der Waals surface area contributed by atoms with Crippen LogP contribution < -0.4 is 10.5 Å². The van der Waals surface area contributed by atoms with Crippen molar-refractivity contribution in [2.45, 2.75) is 13.1 Å². The Labute approximate surface area is 170 Å². The number of aromatic amines is 1. The van der Waals surface area contributed by atoms with Crippen molar-refractivity contribution in [1.82, 2.24) is 9.97 Å².